The Morgan fingerprint density at radius 1 is 1.22 bits per heavy atom. The van der Waals surface area contributed by atoms with Crippen molar-refractivity contribution < 1.29 is 9.53 Å². The molecule has 3 nitrogen and oxygen atoms in total. The number of methoxy groups -OCH3 is 1. The Bertz CT molecular complexity index is 542. The van der Waals surface area contributed by atoms with Crippen LogP contribution in [0.15, 0.2) is 42.5 Å². The van der Waals surface area contributed by atoms with Gasteiger partial charge in [0.1, 0.15) is 0 Å². The number of rotatable bonds is 3. The molecule has 2 rings (SSSR count). The maximum absolute atomic E-state index is 11.2. The molecule has 1 unspecified atom stereocenters. The van der Waals surface area contributed by atoms with Gasteiger partial charge >= 0.3 is 5.97 Å². The second-order valence-electron chi connectivity index (χ2n) is 3.99. The molecule has 4 heteroatoms. The zero-order valence-electron chi connectivity index (χ0n) is 10.1. The second kappa shape index (κ2) is 6.38. The van der Waals surface area contributed by atoms with Crippen LogP contribution in [-0.4, -0.2) is 13.1 Å². The van der Waals surface area contributed by atoms with Gasteiger partial charge in [0.05, 0.1) is 13.5 Å². The minimum atomic E-state index is -0.313. The third-order valence-corrected chi connectivity index (χ3v) is 2.82. The average Bonchev–Trinajstić information content (AvgIpc) is 2.38. The first-order valence-electron chi connectivity index (χ1n) is 5.52. The van der Waals surface area contributed by atoms with Crippen LogP contribution in [0.3, 0.4) is 0 Å². The van der Waals surface area contributed by atoms with Crippen LogP contribution in [0, 0.1) is 0 Å². The first-order valence-corrected chi connectivity index (χ1v) is 5.52. The van der Waals surface area contributed by atoms with Crippen molar-refractivity contribution in [3.63, 3.8) is 0 Å². The lowest BCUT2D eigenvalue weighted by atomic mass is 10.0. The van der Waals surface area contributed by atoms with Gasteiger partial charge in [-0.3, -0.25) is 4.79 Å². The van der Waals surface area contributed by atoms with Crippen molar-refractivity contribution in [2.75, 3.05) is 7.11 Å². The highest BCUT2D eigenvalue weighted by Crippen LogP contribution is 2.21. The van der Waals surface area contributed by atoms with Gasteiger partial charge in [0.25, 0.3) is 0 Å². The monoisotopic (exact) mass is 265 g/mol. The Morgan fingerprint density at radius 3 is 2.56 bits per heavy atom. The van der Waals surface area contributed by atoms with E-state index in [2.05, 4.69) is 4.74 Å². The zero-order valence-corrected chi connectivity index (χ0v) is 10.9. The molecule has 2 aromatic rings. The molecule has 0 fully saturated rings. The summed E-state index contributed by atoms with van der Waals surface area (Å²) in [6.07, 6.45) is 0.203. The largest absolute Gasteiger partial charge is 0.469 e. The number of benzene rings is 2. The first kappa shape index (κ1) is 14.5. The molecule has 1 atom stereocenters. The molecule has 0 amide bonds. The van der Waals surface area contributed by atoms with Crippen LogP contribution in [0.2, 0.25) is 0 Å². The van der Waals surface area contributed by atoms with E-state index < -0.39 is 0 Å². The minimum Gasteiger partial charge on any atom is -0.469 e. The topological polar surface area (TPSA) is 52.3 Å². The Morgan fingerprint density at radius 2 is 1.89 bits per heavy atom. The molecule has 0 aliphatic carbocycles. The SMILES string of the molecule is COC(=O)CC(N)c1ccc2ccccc2c1.Cl. The van der Waals surface area contributed by atoms with Crippen molar-refractivity contribution >= 4 is 29.1 Å². The van der Waals surface area contributed by atoms with Gasteiger partial charge in [-0.2, -0.15) is 0 Å². The van der Waals surface area contributed by atoms with Crippen LogP contribution in [-0.2, 0) is 9.53 Å². The van der Waals surface area contributed by atoms with E-state index in [1.807, 2.05) is 42.5 Å². The van der Waals surface area contributed by atoms with E-state index in [0.717, 1.165) is 10.9 Å². The van der Waals surface area contributed by atoms with Crippen molar-refractivity contribution in [1.82, 2.24) is 0 Å². The van der Waals surface area contributed by atoms with Crippen LogP contribution in [0.5, 0.6) is 0 Å². The van der Waals surface area contributed by atoms with Crippen molar-refractivity contribution in [2.45, 2.75) is 12.5 Å². The maximum atomic E-state index is 11.2. The number of nitrogens with two attached hydrogens (primary N) is 1. The van der Waals surface area contributed by atoms with E-state index in [9.17, 15) is 4.79 Å². The van der Waals surface area contributed by atoms with Crippen molar-refractivity contribution in [3.05, 3.63) is 48.0 Å². The van der Waals surface area contributed by atoms with E-state index in [0.29, 0.717) is 0 Å². The average molecular weight is 266 g/mol. The number of hydrogen-bond acceptors (Lipinski definition) is 3. The van der Waals surface area contributed by atoms with Gasteiger partial charge < -0.3 is 10.5 Å². The minimum absolute atomic E-state index is 0. The van der Waals surface area contributed by atoms with E-state index in [-0.39, 0.29) is 30.8 Å². The van der Waals surface area contributed by atoms with Gasteiger partial charge in [-0.25, -0.2) is 0 Å². The van der Waals surface area contributed by atoms with Crippen molar-refractivity contribution in [2.24, 2.45) is 5.73 Å². The van der Waals surface area contributed by atoms with Gasteiger partial charge in [-0.05, 0) is 22.4 Å². The Labute approximate surface area is 112 Å². The molecule has 0 aromatic heterocycles. The summed E-state index contributed by atoms with van der Waals surface area (Å²) in [5, 5.41) is 2.30. The number of carbonyl (C=O) groups excluding carboxylic acids is 1. The third-order valence-electron chi connectivity index (χ3n) is 2.82. The summed E-state index contributed by atoms with van der Waals surface area (Å²) in [5.74, 6) is -0.286. The molecule has 18 heavy (non-hydrogen) atoms. The van der Waals surface area contributed by atoms with Gasteiger partial charge in [0.15, 0.2) is 0 Å². The first-order chi connectivity index (χ1) is 8.20. The molecular weight excluding hydrogens is 250 g/mol. The normalized spacial score (nSPS) is 11.7. The van der Waals surface area contributed by atoms with Gasteiger partial charge in [0, 0.05) is 6.04 Å². The predicted octanol–water partition coefficient (Wildman–Crippen LogP) is 2.82. The number of esters is 1. The highest BCUT2D eigenvalue weighted by atomic mass is 35.5. The Kier molecular flexibility index (Phi) is 5.13. The fourth-order valence-corrected chi connectivity index (χ4v) is 1.82. The van der Waals surface area contributed by atoms with Gasteiger partial charge in [-0.1, -0.05) is 36.4 Å². The summed E-state index contributed by atoms with van der Waals surface area (Å²) < 4.78 is 4.61. The Hall–Kier alpha value is -1.58. The van der Waals surface area contributed by atoms with Gasteiger partial charge in [0.2, 0.25) is 0 Å². The third kappa shape index (κ3) is 3.22. The molecule has 0 aliphatic rings. The highest BCUT2D eigenvalue weighted by Gasteiger charge is 2.11. The lowest BCUT2D eigenvalue weighted by Gasteiger charge is -2.11. The number of ether oxygens (including phenoxy) is 1. The number of carbonyl (C=O) groups is 1. The fraction of sp³-hybridized carbons (Fsp3) is 0.214. The van der Waals surface area contributed by atoms with Crippen molar-refractivity contribution in [3.8, 4) is 0 Å². The molecule has 0 aliphatic heterocycles. The molecule has 0 saturated carbocycles. The van der Waals surface area contributed by atoms with E-state index >= 15 is 0 Å². The van der Waals surface area contributed by atoms with Crippen molar-refractivity contribution in [1.29, 1.82) is 0 Å². The molecule has 0 bridgehead atoms. The second-order valence-corrected chi connectivity index (χ2v) is 3.99. The Balaban J connectivity index is 0.00000162. The molecule has 96 valence electrons. The summed E-state index contributed by atoms with van der Waals surface area (Å²) in [6, 6.07) is 13.7. The summed E-state index contributed by atoms with van der Waals surface area (Å²) in [7, 11) is 1.37. The lowest BCUT2D eigenvalue weighted by molar-refractivity contribution is -0.141. The van der Waals surface area contributed by atoms with Gasteiger partial charge in [-0.15, -0.1) is 12.4 Å². The smallest absolute Gasteiger partial charge is 0.307 e. The summed E-state index contributed by atoms with van der Waals surface area (Å²) in [4.78, 5) is 11.2. The summed E-state index contributed by atoms with van der Waals surface area (Å²) >= 11 is 0. The van der Waals surface area contributed by atoms with Crippen LogP contribution < -0.4 is 5.73 Å². The van der Waals surface area contributed by atoms with Crippen LogP contribution >= 0.6 is 12.4 Å². The number of halogens is 1. The number of fused-ring (bicyclic) bond motifs is 1. The standard InChI is InChI=1S/C14H15NO2.ClH/c1-17-14(16)9-13(15)12-7-6-10-4-2-3-5-11(10)8-12;/h2-8,13H,9,15H2,1H3;1H. The molecule has 2 N–H and O–H groups in total. The quantitative estimate of drug-likeness (QED) is 0.869. The zero-order chi connectivity index (χ0) is 12.3. The summed E-state index contributed by atoms with van der Waals surface area (Å²) in [5.41, 5.74) is 6.91. The van der Waals surface area contributed by atoms with Crippen LogP contribution in [0.4, 0.5) is 0 Å². The highest BCUT2D eigenvalue weighted by molar-refractivity contribution is 5.85. The number of hydrogen-bond donors (Lipinski definition) is 1. The molecule has 0 radical (unpaired) electrons. The van der Waals surface area contributed by atoms with E-state index in [1.54, 1.807) is 0 Å². The van der Waals surface area contributed by atoms with E-state index in [4.69, 9.17) is 5.73 Å². The molecule has 0 heterocycles. The lowest BCUT2D eigenvalue weighted by Crippen LogP contribution is -2.16. The predicted molar refractivity (Wildman–Crippen MR) is 74.8 cm³/mol. The van der Waals surface area contributed by atoms with E-state index in [1.165, 1.54) is 12.5 Å². The molecule has 0 spiro atoms. The maximum Gasteiger partial charge on any atom is 0.307 e. The fourth-order valence-electron chi connectivity index (χ4n) is 1.82. The molecule has 2 aromatic carbocycles. The van der Waals surface area contributed by atoms with Crippen LogP contribution in [0.1, 0.15) is 18.0 Å². The molecular formula is C14H16ClNO2. The molecule has 0 saturated heterocycles. The summed E-state index contributed by atoms with van der Waals surface area (Å²) in [6.45, 7) is 0. The van der Waals surface area contributed by atoms with Crippen LogP contribution in [0.25, 0.3) is 10.8 Å².